The van der Waals surface area contributed by atoms with Crippen LogP contribution in [0.1, 0.15) is 11.1 Å². The third kappa shape index (κ3) is 4.74. The number of ether oxygens (including phenoxy) is 1. The number of aliphatic carboxylic acids is 1. The van der Waals surface area contributed by atoms with Crippen LogP contribution < -0.4 is 15.8 Å². The number of hydrogen-bond donors (Lipinski definition) is 5. The third-order valence-corrected chi connectivity index (χ3v) is 4.65. The summed E-state index contributed by atoms with van der Waals surface area (Å²) in [5.74, 6) is -4.85. The lowest BCUT2D eigenvalue weighted by Gasteiger charge is -2.22. The molecule has 1 atom stereocenters. The SMILES string of the molecule is NC(CNC(=O)C(O)(O)c1ccc(OCc2cccc3ccccc23)cc1)C(=O)O. The maximum atomic E-state index is 12.0. The van der Waals surface area contributed by atoms with Gasteiger partial charge in [0.05, 0.1) is 0 Å². The molecule has 1 unspecified atom stereocenters. The molecule has 156 valence electrons. The predicted molar refractivity (Wildman–Crippen MR) is 109 cm³/mol. The molecule has 0 bridgehead atoms. The quantitative estimate of drug-likeness (QED) is 0.350. The van der Waals surface area contributed by atoms with Crippen molar-refractivity contribution in [2.45, 2.75) is 18.4 Å². The number of hydrogen-bond acceptors (Lipinski definition) is 6. The Morgan fingerprint density at radius 3 is 2.37 bits per heavy atom. The van der Waals surface area contributed by atoms with Crippen molar-refractivity contribution in [3.05, 3.63) is 77.9 Å². The van der Waals surface area contributed by atoms with Gasteiger partial charge < -0.3 is 31.1 Å². The average Bonchev–Trinajstić information content (AvgIpc) is 2.75. The number of nitrogens with one attached hydrogen (secondary N) is 1. The number of amides is 1. The van der Waals surface area contributed by atoms with Gasteiger partial charge in [-0.25, -0.2) is 0 Å². The lowest BCUT2D eigenvalue weighted by molar-refractivity contribution is -0.189. The Balaban J connectivity index is 1.65. The van der Waals surface area contributed by atoms with Crippen LogP contribution in [0.15, 0.2) is 66.7 Å². The van der Waals surface area contributed by atoms with E-state index in [0.717, 1.165) is 16.3 Å². The molecule has 0 radical (unpaired) electrons. The molecule has 3 aromatic carbocycles. The van der Waals surface area contributed by atoms with Gasteiger partial charge in [-0.3, -0.25) is 9.59 Å². The average molecular weight is 410 g/mol. The number of carboxylic acids is 1. The van der Waals surface area contributed by atoms with E-state index in [-0.39, 0.29) is 5.56 Å². The summed E-state index contributed by atoms with van der Waals surface area (Å²) in [6.07, 6.45) is 0. The van der Waals surface area contributed by atoms with Crippen LogP contribution in [0.3, 0.4) is 0 Å². The number of aliphatic hydroxyl groups is 2. The van der Waals surface area contributed by atoms with Gasteiger partial charge in [-0.05, 0) is 40.6 Å². The Hall–Kier alpha value is -3.46. The molecule has 0 aromatic heterocycles. The molecule has 0 fully saturated rings. The molecule has 0 aliphatic rings. The molecular weight excluding hydrogens is 388 g/mol. The van der Waals surface area contributed by atoms with Crippen LogP contribution in [-0.4, -0.2) is 39.8 Å². The van der Waals surface area contributed by atoms with Crippen molar-refractivity contribution in [1.29, 1.82) is 0 Å². The summed E-state index contributed by atoms with van der Waals surface area (Å²) in [6, 6.07) is 18.2. The highest BCUT2D eigenvalue weighted by Crippen LogP contribution is 2.24. The van der Waals surface area contributed by atoms with E-state index in [2.05, 4.69) is 5.32 Å². The first kappa shape index (κ1) is 21.3. The summed E-state index contributed by atoms with van der Waals surface area (Å²) >= 11 is 0. The molecule has 0 spiro atoms. The molecule has 30 heavy (non-hydrogen) atoms. The molecule has 8 nitrogen and oxygen atoms in total. The molecular formula is C22H22N2O6. The summed E-state index contributed by atoms with van der Waals surface area (Å²) in [5, 5.41) is 33.3. The zero-order chi connectivity index (χ0) is 21.7. The molecule has 0 aliphatic heterocycles. The highest BCUT2D eigenvalue weighted by atomic mass is 16.5. The molecule has 0 saturated carbocycles. The van der Waals surface area contributed by atoms with Gasteiger partial charge in [0.2, 0.25) is 0 Å². The molecule has 6 N–H and O–H groups in total. The Bertz CT molecular complexity index is 1040. The minimum Gasteiger partial charge on any atom is -0.489 e. The molecule has 3 rings (SSSR count). The van der Waals surface area contributed by atoms with E-state index >= 15 is 0 Å². The van der Waals surface area contributed by atoms with Gasteiger partial charge in [-0.15, -0.1) is 0 Å². The number of nitrogens with two attached hydrogens (primary N) is 1. The number of carbonyl (C=O) groups is 2. The largest absolute Gasteiger partial charge is 0.489 e. The van der Waals surface area contributed by atoms with Crippen molar-refractivity contribution < 1.29 is 29.6 Å². The molecule has 8 heteroatoms. The second-order valence-electron chi connectivity index (χ2n) is 6.78. The van der Waals surface area contributed by atoms with E-state index in [4.69, 9.17) is 15.6 Å². The third-order valence-electron chi connectivity index (χ3n) is 4.65. The maximum Gasteiger partial charge on any atom is 0.322 e. The normalized spacial score (nSPS) is 12.4. The maximum absolute atomic E-state index is 12.0. The fraction of sp³-hybridized carbons (Fsp3) is 0.182. The number of benzene rings is 3. The summed E-state index contributed by atoms with van der Waals surface area (Å²) < 4.78 is 5.79. The monoisotopic (exact) mass is 410 g/mol. The zero-order valence-electron chi connectivity index (χ0n) is 16.0. The minimum absolute atomic E-state index is 0.0959. The van der Waals surface area contributed by atoms with Crippen LogP contribution in [0.2, 0.25) is 0 Å². The Kier molecular flexibility index (Phi) is 6.31. The van der Waals surface area contributed by atoms with Gasteiger partial charge in [0.1, 0.15) is 18.4 Å². The predicted octanol–water partition coefficient (Wildman–Crippen LogP) is 1.08. The second kappa shape index (κ2) is 8.91. The van der Waals surface area contributed by atoms with Gasteiger partial charge in [-0.1, -0.05) is 42.5 Å². The van der Waals surface area contributed by atoms with E-state index in [9.17, 15) is 19.8 Å². The van der Waals surface area contributed by atoms with Crippen LogP contribution in [0, 0.1) is 0 Å². The highest BCUT2D eigenvalue weighted by Gasteiger charge is 2.35. The molecule has 1 amide bonds. The first-order valence-corrected chi connectivity index (χ1v) is 9.20. The van der Waals surface area contributed by atoms with Crippen molar-refractivity contribution in [3.8, 4) is 5.75 Å². The number of carboxylic acid groups (broad SMARTS) is 1. The van der Waals surface area contributed by atoms with Gasteiger partial charge in [0, 0.05) is 12.1 Å². The Labute approximate surface area is 172 Å². The van der Waals surface area contributed by atoms with Gasteiger partial charge in [0.15, 0.2) is 0 Å². The van der Waals surface area contributed by atoms with Crippen molar-refractivity contribution in [1.82, 2.24) is 5.32 Å². The van der Waals surface area contributed by atoms with Gasteiger partial charge in [0.25, 0.3) is 11.7 Å². The minimum atomic E-state index is -2.84. The molecule has 0 heterocycles. The molecule has 0 aliphatic carbocycles. The summed E-state index contributed by atoms with van der Waals surface area (Å²) in [6.45, 7) is -0.124. The lowest BCUT2D eigenvalue weighted by Crippen LogP contribution is -2.49. The van der Waals surface area contributed by atoms with Crippen molar-refractivity contribution in [2.24, 2.45) is 5.73 Å². The van der Waals surface area contributed by atoms with E-state index in [1.54, 1.807) is 0 Å². The first-order chi connectivity index (χ1) is 14.3. The summed E-state index contributed by atoms with van der Waals surface area (Å²) in [4.78, 5) is 22.7. The smallest absolute Gasteiger partial charge is 0.322 e. The first-order valence-electron chi connectivity index (χ1n) is 9.20. The van der Waals surface area contributed by atoms with Gasteiger partial charge >= 0.3 is 5.97 Å². The number of carbonyl (C=O) groups excluding carboxylic acids is 1. The molecule has 3 aromatic rings. The van der Waals surface area contributed by atoms with Gasteiger partial charge in [-0.2, -0.15) is 0 Å². The van der Waals surface area contributed by atoms with Crippen molar-refractivity contribution in [2.75, 3.05) is 6.54 Å². The van der Waals surface area contributed by atoms with Crippen LogP contribution in [0.5, 0.6) is 5.75 Å². The topological polar surface area (TPSA) is 142 Å². The number of fused-ring (bicyclic) bond motifs is 1. The lowest BCUT2D eigenvalue weighted by atomic mass is 10.0. The van der Waals surface area contributed by atoms with Crippen molar-refractivity contribution >= 4 is 22.6 Å². The number of rotatable bonds is 8. The van der Waals surface area contributed by atoms with E-state index in [1.807, 2.05) is 42.5 Å². The van der Waals surface area contributed by atoms with E-state index < -0.39 is 30.3 Å². The zero-order valence-corrected chi connectivity index (χ0v) is 16.0. The summed E-state index contributed by atoms with van der Waals surface area (Å²) in [7, 11) is 0. The highest BCUT2D eigenvalue weighted by molar-refractivity contribution is 5.86. The fourth-order valence-electron chi connectivity index (χ4n) is 2.91. The van der Waals surface area contributed by atoms with Crippen LogP contribution >= 0.6 is 0 Å². The fourth-order valence-corrected chi connectivity index (χ4v) is 2.91. The van der Waals surface area contributed by atoms with Crippen LogP contribution in [0.25, 0.3) is 10.8 Å². The van der Waals surface area contributed by atoms with E-state index in [0.29, 0.717) is 12.4 Å². The van der Waals surface area contributed by atoms with E-state index in [1.165, 1.54) is 24.3 Å². The van der Waals surface area contributed by atoms with Crippen LogP contribution in [0.4, 0.5) is 0 Å². The summed E-state index contributed by atoms with van der Waals surface area (Å²) in [5.41, 5.74) is 6.20. The Morgan fingerprint density at radius 2 is 1.67 bits per heavy atom. The van der Waals surface area contributed by atoms with Crippen molar-refractivity contribution in [3.63, 3.8) is 0 Å². The standard InChI is InChI=1S/C22H22N2O6/c23-19(20(25)26)12-24-21(27)22(28,29)16-8-10-17(11-9-16)30-13-15-6-3-5-14-4-1-2-7-18(14)15/h1-11,19,28-29H,12-13,23H2,(H,24,27)(H,25,26). The molecule has 0 saturated heterocycles. The Morgan fingerprint density at radius 1 is 1.00 bits per heavy atom. The second-order valence-corrected chi connectivity index (χ2v) is 6.78. The van der Waals surface area contributed by atoms with Crippen LogP contribution in [-0.2, 0) is 22.0 Å².